The first kappa shape index (κ1) is 16.5. The fourth-order valence-electron chi connectivity index (χ4n) is 3.55. The van der Waals surface area contributed by atoms with E-state index in [0.29, 0.717) is 6.54 Å². The van der Waals surface area contributed by atoms with E-state index in [2.05, 4.69) is 24.3 Å². The second-order valence-electron chi connectivity index (χ2n) is 6.29. The molecule has 1 fully saturated rings. The van der Waals surface area contributed by atoms with Crippen LogP contribution in [0.5, 0.6) is 0 Å². The minimum atomic E-state index is 0.0268. The van der Waals surface area contributed by atoms with Crippen molar-refractivity contribution in [2.24, 2.45) is 5.73 Å². The molecule has 2 aromatic carbocycles. The van der Waals surface area contributed by atoms with E-state index >= 15 is 0 Å². The van der Waals surface area contributed by atoms with Gasteiger partial charge in [-0.05, 0) is 30.5 Å². The van der Waals surface area contributed by atoms with Crippen molar-refractivity contribution in [3.8, 4) is 0 Å². The molecule has 0 radical (unpaired) electrons. The topological polar surface area (TPSA) is 49.6 Å². The summed E-state index contributed by atoms with van der Waals surface area (Å²) in [6, 6.07) is 20.8. The average Bonchev–Trinajstić information content (AvgIpc) is 2.88. The van der Waals surface area contributed by atoms with E-state index in [1.807, 2.05) is 53.2 Å². The number of urea groups is 1. The van der Waals surface area contributed by atoms with E-state index in [0.717, 1.165) is 19.4 Å². The van der Waals surface area contributed by atoms with Crippen LogP contribution in [0, 0.1) is 0 Å². The lowest BCUT2D eigenvalue weighted by atomic mass is 9.93. The molecule has 24 heavy (non-hydrogen) atoms. The zero-order valence-electron chi connectivity index (χ0n) is 14.1. The minimum absolute atomic E-state index is 0.0268. The lowest BCUT2D eigenvalue weighted by Crippen LogP contribution is -2.31. The quantitative estimate of drug-likeness (QED) is 0.826. The summed E-state index contributed by atoms with van der Waals surface area (Å²) >= 11 is 0. The normalized spacial score (nSPS) is 20.7. The van der Waals surface area contributed by atoms with Crippen molar-refractivity contribution < 1.29 is 4.79 Å². The lowest BCUT2D eigenvalue weighted by Gasteiger charge is -2.28. The molecule has 0 aliphatic carbocycles. The summed E-state index contributed by atoms with van der Waals surface area (Å²) in [5, 5.41) is 0. The summed E-state index contributed by atoms with van der Waals surface area (Å²) in [5.41, 5.74) is 7.97. The molecule has 0 bridgehead atoms. The summed E-state index contributed by atoms with van der Waals surface area (Å²) in [4.78, 5) is 16.8. The molecule has 3 rings (SSSR count). The Morgan fingerprint density at radius 3 is 1.96 bits per heavy atom. The van der Waals surface area contributed by atoms with Gasteiger partial charge < -0.3 is 15.5 Å². The predicted octanol–water partition coefficient (Wildman–Crippen LogP) is 3.58. The molecule has 126 valence electrons. The van der Waals surface area contributed by atoms with Crippen molar-refractivity contribution >= 4 is 6.03 Å². The van der Waals surface area contributed by atoms with Crippen molar-refractivity contribution in [3.05, 3.63) is 71.8 Å². The molecule has 0 aromatic heterocycles. The van der Waals surface area contributed by atoms with E-state index in [4.69, 9.17) is 5.73 Å². The molecule has 1 aliphatic rings. The van der Waals surface area contributed by atoms with E-state index < -0.39 is 0 Å². The number of nitrogens with zero attached hydrogens (tertiary/aromatic N) is 2. The minimum Gasteiger partial charge on any atom is -0.330 e. The van der Waals surface area contributed by atoms with Crippen molar-refractivity contribution in [1.29, 1.82) is 0 Å². The molecule has 2 aromatic rings. The summed E-state index contributed by atoms with van der Waals surface area (Å²) < 4.78 is 0. The van der Waals surface area contributed by atoms with Crippen molar-refractivity contribution in [3.63, 3.8) is 0 Å². The molecular formula is C20H25N3O. The highest BCUT2D eigenvalue weighted by atomic mass is 16.2. The first-order valence-electron chi connectivity index (χ1n) is 8.57. The number of benzene rings is 2. The van der Waals surface area contributed by atoms with Gasteiger partial charge in [-0.15, -0.1) is 0 Å². The number of carbonyl (C=O) groups is 1. The maximum atomic E-state index is 12.9. The summed E-state index contributed by atoms with van der Waals surface area (Å²) in [6.07, 6.45) is 1.87. The molecule has 1 saturated heterocycles. The number of amides is 2. The summed E-state index contributed by atoms with van der Waals surface area (Å²) in [7, 11) is 1.90. The Labute approximate surface area is 143 Å². The zero-order valence-corrected chi connectivity index (χ0v) is 14.1. The molecule has 1 aliphatic heterocycles. The van der Waals surface area contributed by atoms with Gasteiger partial charge in [-0.2, -0.15) is 0 Å². The third-order valence-electron chi connectivity index (χ3n) is 4.73. The molecule has 1 heterocycles. The first-order valence-corrected chi connectivity index (χ1v) is 8.57. The van der Waals surface area contributed by atoms with Gasteiger partial charge in [-0.25, -0.2) is 4.79 Å². The lowest BCUT2D eigenvalue weighted by molar-refractivity contribution is 0.190. The van der Waals surface area contributed by atoms with Crippen molar-refractivity contribution in [2.45, 2.75) is 24.9 Å². The Morgan fingerprint density at radius 2 is 1.42 bits per heavy atom. The number of hydrogen-bond donors (Lipinski definition) is 1. The molecule has 0 spiro atoms. The standard InChI is InChI=1S/C20H25N3O/c1-22-18(16-10-4-2-5-11-16)19(17-12-6-3-7-13-17)23(20(22)24)15-9-8-14-21/h2-7,10-13,18-19H,8-9,14-15,21H2,1H3/t18-,19-/m0/s1. The highest BCUT2D eigenvalue weighted by molar-refractivity contribution is 5.78. The van der Waals surface area contributed by atoms with Gasteiger partial charge in [0.05, 0.1) is 12.1 Å². The van der Waals surface area contributed by atoms with Crippen LogP contribution in [-0.4, -0.2) is 36.0 Å². The molecule has 2 amide bonds. The van der Waals surface area contributed by atoms with Gasteiger partial charge in [0.2, 0.25) is 0 Å². The zero-order chi connectivity index (χ0) is 16.9. The Hall–Kier alpha value is -2.33. The first-order chi connectivity index (χ1) is 11.7. The molecule has 2 atom stereocenters. The smallest absolute Gasteiger partial charge is 0.320 e. The van der Waals surface area contributed by atoms with Crippen molar-refractivity contribution in [1.82, 2.24) is 9.80 Å². The maximum Gasteiger partial charge on any atom is 0.320 e. The number of unbranched alkanes of at least 4 members (excludes halogenated alkanes) is 1. The Balaban J connectivity index is 1.98. The van der Waals surface area contributed by atoms with Crippen LogP contribution in [0.1, 0.15) is 36.1 Å². The SMILES string of the molecule is CN1C(=O)N(CCCCN)[C@@H](c2ccccc2)[C@@H]1c1ccccc1. The van der Waals surface area contributed by atoms with Gasteiger partial charge in [0.15, 0.2) is 0 Å². The van der Waals surface area contributed by atoms with E-state index in [1.54, 1.807) is 0 Å². The fraction of sp³-hybridized carbons (Fsp3) is 0.350. The highest BCUT2D eigenvalue weighted by Gasteiger charge is 2.44. The summed E-state index contributed by atoms with van der Waals surface area (Å²) in [5.74, 6) is 0. The third kappa shape index (κ3) is 3.15. The molecule has 4 nitrogen and oxygen atoms in total. The number of hydrogen-bond acceptors (Lipinski definition) is 2. The predicted molar refractivity (Wildman–Crippen MR) is 96.5 cm³/mol. The average molecular weight is 323 g/mol. The molecular weight excluding hydrogens is 298 g/mol. The Morgan fingerprint density at radius 1 is 0.875 bits per heavy atom. The highest BCUT2D eigenvalue weighted by Crippen LogP contribution is 2.44. The Bertz CT molecular complexity index is 659. The fourth-order valence-corrected chi connectivity index (χ4v) is 3.55. The van der Waals surface area contributed by atoms with Gasteiger partial charge in [0.1, 0.15) is 0 Å². The summed E-state index contributed by atoms with van der Waals surface area (Å²) in [6.45, 7) is 1.40. The third-order valence-corrected chi connectivity index (χ3v) is 4.73. The Kier molecular flexibility index (Phi) is 5.16. The van der Waals surface area contributed by atoms with E-state index in [1.165, 1.54) is 11.1 Å². The van der Waals surface area contributed by atoms with Gasteiger partial charge in [-0.3, -0.25) is 0 Å². The van der Waals surface area contributed by atoms with E-state index in [-0.39, 0.29) is 18.1 Å². The monoisotopic (exact) mass is 323 g/mol. The van der Waals surface area contributed by atoms with Crippen LogP contribution >= 0.6 is 0 Å². The second kappa shape index (κ2) is 7.49. The van der Waals surface area contributed by atoms with Crippen molar-refractivity contribution in [2.75, 3.05) is 20.1 Å². The van der Waals surface area contributed by atoms with Crippen LogP contribution in [0.4, 0.5) is 4.79 Å². The van der Waals surface area contributed by atoms with Gasteiger partial charge in [0, 0.05) is 13.6 Å². The molecule has 0 saturated carbocycles. The molecule has 0 unspecified atom stereocenters. The van der Waals surface area contributed by atoms with Crippen LogP contribution in [0.3, 0.4) is 0 Å². The van der Waals surface area contributed by atoms with Crippen LogP contribution in [0.25, 0.3) is 0 Å². The maximum absolute atomic E-state index is 12.9. The van der Waals surface area contributed by atoms with Gasteiger partial charge in [0.25, 0.3) is 0 Å². The number of carbonyl (C=O) groups excluding carboxylic acids is 1. The van der Waals surface area contributed by atoms with Gasteiger partial charge in [-0.1, -0.05) is 60.7 Å². The number of nitrogens with two attached hydrogens (primary N) is 1. The van der Waals surface area contributed by atoms with Gasteiger partial charge >= 0.3 is 6.03 Å². The van der Waals surface area contributed by atoms with Crippen LogP contribution in [0.15, 0.2) is 60.7 Å². The molecule has 4 heteroatoms. The largest absolute Gasteiger partial charge is 0.330 e. The second-order valence-corrected chi connectivity index (χ2v) is 6.29. The number of rotatable bonds is 6. The number of likely N-dealkylation sites (N-methyl/N-ethyl adjacent to an activating group) is 1. The van der Waals surface area contributed by atoms with E-state index in [9.17, 15) is 4.79 Å². The van der Waals surface area contributed by atoms with Crippen LogP contribution in [-0.2, 0) is 0 Å². The van der Waals surface area contributed by atoms with Crippen LogP contribution < -0.4 is 5.73 Å². The van der Waals surface area contributed by atoms with Crippen LogP contribution in [0.2, 0.25) is 0 Å². The molecule has 2 N–H and O–H groups in total.